The summed E-state index contributed by atoms with van der Waals surface area (Å²) in [5.74, 6) is -3.33. The van der Waals surface area contributed by atoms with E-state index < -0.39 is 34.7 Å². The SMILES string of the molecule is O=C(N[C@H]1CC[C@@H](n2c(=O)c3cc(F)cnc3n(-c3ccc(F)c(F)c3)c2=O)CC1)c1cccc2cccnc12. The molecule has 2 aromatic carbocycles. The molecule has 1 saturated carbocycles. The van der Waals surface area contributed by atoms with Crippen LogP contribution in [0.2, 0.25) is 0 Å². The van der Waals surface area contributed by atoms with Crippen molar-refractivity contribution in [3.05, 3.63) is 111 Å². The predicted octanol–water partition coefficient (Wildman–Crippen LogP) is 4.43. The Hall–Kier alpha value is -4.80. The summed E-state index contributed by atoms with van der Waals surface area (Å²) >= 11 is 0. The largest absolute Gasteiger partial charge is 0.349 e. The molecule has 0 spiro atoms. The van der Waals surface area contributed by atoms with Gasteiger partial charge in [-0.05, 0) is 56.0 Å². The Kier molecular flexibility index (Phi) is 6.41. The van der Waals surface area contributed by atoms with E-state index in [0.717, 1.165) is 38.9 Å². The van der Waals surface area contributed by atoms with Crippen molar-refractivity contribution in [3.8, 4) is 5.69 Å². The molecule has 0 radical (unpaired) electrons. The molecule has 40 heavy (non-hydrogen) atoms. The smallest absolute Gasteiger partial charge is 0.337 e. The number of nitrogens with zero attached hydrogens (tertiary/aromatic N) is 4. The molecule has 11 heteroatoms. The molecule has 3 aromatic heterocycles. The number of para-hydroxylation sites is 1. The Morgan fingerprint density at radius 1 is 0.900 bits per heavy atom. The van der Waals surface area contributed by atoms with Crippen LogP contribution in [-0.4, -0.2) is 31.1 Å². The number of rotatable bonds is 4. The van der Waals surface area contributed by atoms with Crippen LogP contribution < -0.4 is 16.6 Å². The van der Waals surface area contributed by atoms with Crippen LogP contribution in [0.4, 0.5) is 13.2 Å². The van der Waals surface area contributed by atoms with E-state index in [1.807, 2.05) is 12.1 Å². The van der Waals surface area contributed by atoms with Gasteiger partial charge >= 0.3 is 5.69 Å². The van der Waals surface area contributed by atoms with E-state index in [1.165, 1.54) is 6.07 Å². The highest BCUT2D eigenvalue weighted by molar-refractivity contribution is 6.05. The van der Waals surface area contributed by atoms with E-state index in [0.29, 0.717) is 36.8 Å². The maximum Gasteiger partial charge on any atom is 0.337 e. The van der Waals surface area contributed by atoms with Crippen LogP contribution in [0.25, 0.3) is 27.6 Å². The highest BCUT2D eigenvalue weighted by Gasteiger charge is 2.28. The Morgan fingerprint density at radius 3 is 2.45 bits per heavy atom. The number of nitrogens with one attached hydrogen (secondary N) is 1. The summed E-state index contributed by atoms with van der Waals surface area (Å²) in [5.41, 5.74) is -0.681. The third-order valence-corrected chi connectivity index (χ3v) is 7.33. The fourth-order valence-electron chi connectivity index (χ4n) is 5.39. The van der Waals surface area contributed by atoms with Crippen LogP contribution in [0.3, 0.4) is 0 Å². The van der Waals surface area contributed by atoms with Gasteiger partial charge in [0.05, 0.1) is 28.4 Å². The van der Waals surface area contributed by atoms with Crippen LogP contribution in [0.15, 0.2) is 76.6 Å². The van der Waals surface area contributed by atoms with Gasteiger partial charge in [0.15, 0.2) is 17.3 Å². The summed E-state index contributed by atoms with van der Waals surface area (Å²) in [6.45, 7) is 0. The molecule has 202 valence electrons. The summed E-state index contributed by atoms with van der Waals surface area (Å²) < 4.78 is 43.8. The molecule has 1 aliphatic rings. The van der Waals surface area contributed by atoms with Gasteiger partial charge in [-0.2, -0.15) is 0 Å². The molecule has 0 atom stereocenters. The van der Waals surface area contributed by atoms with E-state index in [2.05, 4.69) is 15.3 Å². The highest BCUT2D eigenvalue weighted by atomic mass is 19.2. The first kappa shape index (κ1) is 25.5. The maximum atomic E-state index is 14.1. The van der Waals surface area contributed by atoms with Gasteiger partial charge in [0, 0.05) is 29.7 Å². The molecular weight excluding hydrogens is 523 g/mol. The summed E-state index contributed by atoms with van der Waals surface area (Å²) in [4.78, 5) is 48.4. The summed E-state index contributed by atoms with van der Waals surface area (Å²) in [7, 11) is 0. The minimum Gasteiger partial charge on any atom is -0.349 e. The quantitative estimate of drug-likeness (QED) is 0.360. The average Bonchev–Trinajstić information content (AvgIpc) is 2.96. The van der Waals surface area contributed by atoms with Gasteiger partial charge in [0.2, 0.25) is 0 Å². The number of hydrogen-bond acceptors (Lipinski definition) is 5. The highest BCUT2D eigenvalue weighted by Crippen LogP contribution is 2.28. The van der Waals surface area contributed by atoms with Crippen LogP contribution in [-0.2, 0) is 0 Å². The first-order valence-corrected chi connectivity index (χ1v) is 12.7. The summed E-state index contributed by atoms with van der Waals surface area (Å²) in [6, 6.07) is 12.1. The monoisotopic (exact) mass is 545 g/mol. The Balaban J connectivity index is 1.31. The van der Waals surface area contributed by atoms with Gasteiger partial charge in [-0.15, -0.1) is 0 Å². The Labute approximate surface area is 224 Å². The second-order valence-electron chi connectivity index (χ2n) is 9.78. The normalized spacial score (nSPS) is 17.3. The first-order chi connectivity index (χ1) is 19.3. The molecule has 3 heterocycles. The van der Waals surface area contributed by atoms with Crippen molar-refractivity contribution in [2.75, 3.05) is 0 Å². The molecule has 5 aromatic rings. The third kappa shape index (κ3) is 4.42. The van der Waals surface area contributed by atoms with Crippen molar-refractivity contribution in [1.29, 1.82) is 0 Å². The molecule has 6 rings (SSSR count). The fourth-order valence-corrected chi connectivity index (χ4v) is 5.39. The number of fused-ring (bicyclic) bond motifs is 2. The number of aromatic nitrogens is 4. The molecule has 1 fully saturated rings. The lowest BCUT2D eigenvalue weighted by atomic mass is 9.90. The van der Waals surface area contributed by atoms with Gasteiger partial charge in [-0.1, -0.05) is 18.2 Å². The number of benzene rings is 2. The van der Waals surface area contributed by atoms with Crippen molar-refractivity contribution < 1.29 is 18.0 Å². The number of pyridine rings is 2. The topological polar surface area (TPSA) is 98.9 Å². The number of carbonyl (C=O) groups excluding carboxylic acids is 1. The van der Waals surface area contributed by atoms with Crippen molar-refractivity contribution in [2.45, 2.75) is 37.8 Å². The molecule has 0 aliphatic heterocycles. The zero-order chi connectivity index (χ0) is 28.0. The van der Waals surface area contributed by atoms with Crippen LogP contribution in [0.5, 0.6) is 0 Å². The van der Waals surface area contributed by atoms with Crippen molar-refractivity contribution in [1.82, 2.24) is 24.4 Å². The number of hydrogen-bond donors (Lipinski definition) is 1. The molecule has 1 N–H and O–H groups in total. The molecule has 0 unspecified atom stereocenters. The fraction of sp³-hybridized carbons (Fsp3) is 0.207. The van der Waals surface area contributed by atoms with Gasteiger partial charge in [-0.25, -0.2) is 27.5 Å². The average molecular weight is 546 g/mol. The van der Waals surface area contributed by atoms with E-state index in [1.54, 1.807) is 24.4 Å². The second kappa shape index (κ2) is 10.1. The minimum absolute atomic E-state index is 0.0496. The zero-order valence-corrected chi connectivity index (χ0v) is 21.0. The van der Waals surface area contributed by atoms with Gasteiger partial charge < -0.3 is 5.32 Å². The third-order valence-electron chi connectivity index (χ3n) is 7.33. The van der Waals surface area contributed by atoms with Gasteiger partial charge in [0.1, 0.15) is 5.82 Å². The Morgan fingerprint density at radius 2 is 1.68 bits per heavy atom. The van der Waals surface area contributed by atoms with Gasteiger partial charge in [-0.3, -0.25) is 19.1 Å². The molecule has 0 bridgehead atoms. The van der Waals surface area contributed by atoms with E-state index in [4.69, 9.17) is 0 Å². The van der Waals surface area contributed by atoms with Crippen LogP contribution >= 0.6 is 0 Å². The van der Waals surface area contributed by atoms with Crippen molar-refractivity contribution in [3.63, 3.8) is 0 Å². The number of carbonyl (C=O) groups is 1. The first-order valence-electron chi connectivity index (χ1n) is 12.7. The maximum absolute atomic E-state index is 14.1. The number of halogens is 3. The van der Waals surface area contributed by atoms with E-state index >= 15 is 0 Å². The lowest BCUT2D eigenvalue weighted by Crippen LogP contribution is -2.45. The Bertz CT molecular complexity index is 1910. The molecule has 1 aliphatic carbocycles. The van der Waals surface area contributed by atoms with E-state index in [-0.39, 0.29) is 28.7 Å². The lowest BCUT2D eigenvalue weighted by molar-refractivity contribution is 0.0923. The standard InChI is InChI=1S/C29H22F3N5O3/c30-17-13-22-26(34-15-17)36(20-10-11-23(31)24(32)14-20)29(40)37(28(22)39)19-8-6-18(7-9-19)35-27(38)21-5-1-3-16-4-2-12-33-25(16)21/h1-5,10-15,18-19H,6-9H2,(H,35,38)/t18-,19+. The molecule has 8 nitrogen and oxygen atoms in total. The van der Waals surface area contributed by atoms with Crippen LogP contribution in [0, 0.1) is 17.5 Å². The predicted molar refractivity (Wildman–Crippen MR) is 142 cm³/mol. The minimum atomic E-state index is -1.19. The summed E-state index contributed by atoms with van der Waals surface area (Å²) in [6.07, 6.45) is 4.18. The lowest BCUT2D eigenvalue weighted by Gasteiger charge is -2.30. The molecule has 0 saturated heterocycles. The summed E-state index contributed by atoms with van der Waals surface area (Å²) in [5, 5.41) is 3.71. The number of amides is 1. The van der Waals surface area contributed by atoms with E-state index in [9.17, 15) is 27.6 Å². The van der Waals surface area contributed by atoms with Gasteiger partial charge in [0.25, 0.3) is 11.5 Å². The zero-order valence-electron chi connectivity index (χ0n) is 21.0. The van der Waals surface area contributed by atoms with Crippen LogP contribution in [0.1, 0.15) is 42.1 Å². The second-order valence-corrected chi connectivity index (χ2v) is 9.78. The molecule has 1 amide bonds. The van der Waals surface area contributed by atoms with Crippen molar-refractivity contribution in [2.24, 2.45) is 0 Å². The molecular formula is C29H22F3N5O3. The van der Waals surface area contributed by atoms with Crippen molar-refractivity contribution >= 4 is 27.8 Å².